The van der Waals surface area contributed by atoms with Crippen molar-refractivity contribution in [3.63, 3.8) is 0 Å². The maximum absolute atomic E-state index is 9.15. The zero-order valence-electron chi connectivity index (χ0n) is 12.2. The molecule has 0 aromatic carbocycles. The first-order valence-corrected chi connectivity index (χ1v) is 7.01. The van der Waals surface area contributed by atoms with Gasteiger partial charge in [0.05, 0.1) is 6.07 Å². The van der Waals surface area contributed by atoms with Gasteiger partial charge in [-0.1, -0.05) is 0 Å². The summed E-state index contributed by atoms with van der Waals surface area (Å²) >= 11 is 0. The fraction of sp³-hybridized carbons (Fsp3) is 0.643. The van der Waals surface area contributed by atoms with Crippen LogP contribution in [0.1, 0.15) is 13.3 Å². The van der Waals surface area contributed by atoms with Gasteiger partial charge in [0, 0.05) is 45.1 Å². The van der Waals surface area contributed by atoms with Crippen LogP contribution in [0.15, 0.2) is 18.5 Å². The molecule has 0 radical (unpaired) electrons. The Balaban J connectivity index is 1.79. The summed E-state index contributed by atoms with van der Waals surface area (Å²) in [6, 6.07) is 4.17. The topological polar surface area (TPSA) is 68.1 Å². The van der Waals surface area contributed by atoms with E-state index >= 15 is 0 Å². The Morgan fingerprint density at radius 2 is 1.95 bits per heavy atom. The fourth-order valence-corrected chi connectivity index (χ4v) is 2.24. The Hall–Kier alpha value is -1.71. The summed E-state index contributed by atoms with van der Waals surface area (Å²) in [5.74, 6) is 0.809. The number of nitrogens with zero attached hydrogens (tertiary/aromatic N) is 5. The molecular formula is C14H22N6. The summed E-state index contributed by atoms with van der Waals surface area (Å²) < 4.78 is 0. The predicted molar refractivity (Wildman–Crippen MR) is 78.4 cm³/mol. The van der Waals surface area contributed by atoms with Crippen molar-refractivity contribution in [2.75, 3.05) is 44.7 Å². The third-order valence-electron chi connectivity index (χ3n) is 3.93. The number of nitrogens with one attached hydrogen (secondary N) is 1. The summed E-state index contributed by atoms with van der Waals surface area (Å²) in [4.78, 5) is 13.2. The smallest absolute Gasteiger partial charge is 0.225 e. The largest absolute Gasteiger partial charge is 0.338 e. The zero-order valence-corrected chi connectivity index (χ0v) is 12.2. The molecule has 6 nitrogen and oxygen atoms in total. The highest BCUT2D eigenvalue weighted by Crippen LogP contribution is 2.13. The van der Waals surface area contributed by atoms with Crippen LogP contribution in [0.5, 0.6) is 0 Å². The number of hydrogen-bond donors (Lipinski definition) is 1. The minimum atomic E-state index is -0.431. The molecule has 1 aromatic rings. The lowest BCUT2D eigenvalue weighted by Crippen LogP contribution is -2.49. The molecule has 0 spiro atoms. The molecule has 1 aliphatic rings. The quantitative estimate of drug-likeness (QED) is 0.843. The van der Waals surface area contributed by atoms with Crippen molar-refractivity contribution in [2.45, 2.75) is 18.9 Å². The molecule has 20 heavy (non-hydrogen) atoms. The molecule has 0 saturated carbocycles. The van der Waals surface area contributed by atoms with Gasteiger partial charge in [-0.2, -0.15) is 5.26 Å². The maximum atomic E-state index is 9.15. The molecule has 0 aliphatic carbocycles. The molecule has 1 unspecified atom stereocenters. The number of hydrogen-bond acceptors (Lipinski definition) is 6. The van der Waals surface area contributed by atoms with Crippen molar-refractivity contribution in [2.24, 2.45) is 0 Å². The van der Waals surface area contributed by atoms with Crippen molar-refractivity contribution in [3.05, 3.63) is 18.5 Å². The summed E-state index contributed by atoms with van der Waals surface area (Å²) in [5, 5.41) is 12.2. The first kappa shape index (κ1) is 14.7. The van der Waals surface area contributed by atoms with E-state index < -0.39 is 5.54 Å². The molecular weight excluding hydrogens is 252 g/mol. The molecule has 1 N–H and O–H groups in total. The SMILES string of the molecule is CNC(C)(C#N)CCN1CCN(c2ncccn2)CC1. The van der Waals surface area contributed by atoms with Crippen LogP contribution >= 0.6 is 0 Å². The van der Waals surface area contributed by atoms with Crippen LogP contribution in [0, 0.1) is 11.3 Å². The van der Waals surface area contributed by atoms with Gasteiger partial charge in [-0.3, -0.25) is 4.90 Å². The number of piperazine rings is 1. The van der Waals surface area contributed by atoms with E-state index in [0.29, 0.717) is 0 Å². The average Bonchev–Trinajstić information content (AvgIpc) is 2.54. The van der Waals surface area contributed by atoms with E-state index in [1.54, 1.807) is 12.4 Å². The molecule has 1 fully saturated rings. The van der Waals surface area contributed by atoms with Crippen LogP contribution in [0.4, 0.5) is 5.95 Å². The van der Waals surface area contributed by atoms with Crippen LogP contribution in [0.25, 0.3) is 0 Å². The second-order valence-corrected chi connectivity index (χ2v) is 5.32. The minimum Gasteiger partial charge on any atom is -0.338 e. The number of rotatable bonds is 5. The predicted octanol–water partition coefficient (Wildman–Crippen LogP) is 0.490. The molecule has 1 saturated heterocycles. The molecule has 0 bridgehead atoms. The van der Waals surface area contributed by atoms with Gasteiger partial charge in [0.2, 0.25) is 5.95 Å². The number of nitriles is 1. The molecule has 2 heterocycles. The molecule has 1 aromatic heterocycles. The van der Waals surface area contributed by atoms with Crippen LogP contribution in [-0.4, -0.2) is 60.2 Å². The third-order valence-corrected chi connectivity index (χ3v) is 3.93. The summed E-state index contributed by atoms with van der Waals surface area (Å²) in [7, 11) is 1.84. The lowest BCUT2D eigenvalue weighted by Gasteiger charge is -2.35. The lowest BCUT2D eigenvalue weighted by atomic mass is 10.00. The van der Waals surface area contributed by atoms with Crippen LogP contribution in [0.2, 0.25) is 0 Å². The second kappa shape index (κ2) is 6.64. The minimum absolute atomic E-state index is 0.431. The Bertz CT molecular complexity index is 448. The Labute approximate surface area is 120 Å². The van der Waals surface area contributed by atoms with Gasteiger partial charge in [0.15, 0.2) is 0 Å². The van der Waals surface area contributed by atoms with Gasteiger partial charge in [-0.15, -0.1) is 0 Å². The normalized spacial score (nSPS) is 19.4. The van der Waals surface area contributed by atoms with Crippen LogP contribution < -0.4 is 10.2 Å². The van der Waals surface area contributed by atoms with E-state index in [2.05, 4.69) is 31.2 Å². The van der Waals surface area contributed by atoms with Crippen molar-refractivity contribution >= 4 is 5.95 Å². The summed E-state index contributed by atoms with van der Waals surface area (Å²) in [6.07, 6.45) is 4.39. The molecule has 108 valence electrons. The molecule has 1 aliphatic heterocycles. The average molecular weight is 274 g/mol. The Morgan fingerprint density at radius 1 is 1.30 bits per heavy atom. The lowest BCUT2D eigenvalue weighted by molar-refractivity contribution is 0.234. The van der Waals surface area contributed by atoms with Gasteiger partial charge in [0.25, 0.3) is 0 Å². The number of anilines is 1. The zero-order chi connectivity index (χ0) is 14.4. The Morgan fingerprint density at radius 3 is 2.50 bits per heavy atom. The van der Waals surface area contributed by atoms with Gasteiger partial charge >= 0.3 is 0 Å². The Kier molecular flexibility index (Phi) is 4.88. The first-order valence-electron chi connectivity index (χ1n) is 7.01. The van der Waals surface area contributed by atoms with Gasteiger partial charge in [-0.05, 0) is 26.5 Å². The fourth-order valence-electron chi connectivity index (χ4n) is 2.24. The molecule has 1 atom stereocenters. The van der Waals surface area contributed by atoms with Gasteiger partial charge < -0.3 is 10.2 Å². The van der Waals surface area contributed by atoms with Crippen molar-refractivity contribution in [1.82, 2.24) is 20.2 Å². The summed E-state index contributed by atoms with van der Waals surface area (Å²) in [5.41, 5.74) is -0.431. The number of aromatic nitrogens is 2. The third kappa shape index (κ3) is 3.65. The van der Waals surface area contributed by atoms with Crippen molar-refractivity contribution < 1.29 is 0 Å². The van der Waals surface area contributed by atoms with E-state index in [1.165, 1.54) is 0 Å². The highest BCUT2D eigenvalue weighted by Gasteiger charge is 2.24. The van der Waals surface area contributed by atoms with E-state index in [-0.39, 0.29) is 0 Å². The van der Waals surface area contributed by atoms with E-state index in [1.807, 2.05) is 20.0 Å². The standard InChI is InChI=1S/C14H22N6/c1-14(12-15,16-2)4-7-19-8-10-20(11-9-19)13-17-5-3-6-18-13/h3,5-6,16H,4,7-11H2,1-2H3. The van der Waals surface area contributed by atoms with Gasteiger partial charge in [-0.25, -0.2) is 9.97 Å². The highest BCUT2D eigenvalue weighted by molar-refractivity contribution is 5.29. The van der Waals surface area contributed by atoms with Crippen LogP contribution in [0.3, 0.4) is 0 Å². The summed E-state index contributed by atoms with van der Waals surface area (Å²) in [6.45, 7) is 6.74. The van der Waals surface area contributed by atoms with Gasteiger partial charge in [0.1, 0.15) is 5.54 Å². The highest BCUT2D eigenvalue weighted by atomic mass is 15.3. The second-order valence-electron chi connectivity index (χ2n) is 5.32. The first-order chi connectivity index (χ1) is 9.67. The van der Waals surface area contributed by atoms with E-state index in [9.17, 15) is 0 Å². The van der Waals surface area contributed by atoms with E-state index in [0.717, 1.165) is 45.1 Å². The maximum Gasteiger partial charge on any atom is 0.225 e. The molecule has 6 heteroatoms. The molecule has 0 amide bonds. The van der Waals surface area contributed by atoms with Crippen molar-refractivity contribution in [1.29, 1.82) is 5.26 Å². The monoisotopic (exact) mass is 274 g/mol. The van der Waals surface area contributed by atoms with E-state index in [4.69, 9.17) is 5.26 Å². The van der Waals surface area contributed by atoms with Crippen molar-refractivity contribution in [3.8, 4) is 6.07 Å². The molecule has 2 rings (SSSR count). The van der Waals surface area contributed by atoms with Crippen LogP contribution in [-0.2, 0) is 0 Å².